The van der Waals surface area contributed by atoms with E-state index in [4.69, 9.17) is 8.92 Å². The normalized spacial score (nSPS) is 17.9. The van der Waals surface area contributed by atoms with Crippen LogP contribution in [0.3, 0.4) is 0 Å². The van der Waals surface area contributed by atoms with Crippen LogP contribution in [0.25, 0.3) is 0 Å². The molecule has 12 heteroatoms. The summed E-state index contributed by atoms with van der Waals surface area (Å²) in [6.07, 6.45) is 1.11. The summed E-state index contributed by atoms with van der Waals surface area (Å²) >= 11 is 0. The molecule has 2 aliphatic rings. The number of carbonyl (C=O) groups is 1. The van der Waals surface area contributed by atoms with Crippen molar-refractivity contribution in [2.45, 2.75) is 58.3 Å². The van der Waals surface area contributed by atoms with Crippen LogP contribution in [0.5, 0.6) is 5.88 Å². The maximum absolute atomic E-state index is 12.9. The number of anilines is 1. The van der Waals surface area contributed by atoms with Gasteiger partial charge in [0.25, 0.3) is 5.88 Å². The van der Waals surface area contributed by atoms with Gasteiger partial charge in [-0.25, -0.2) is 4.79 Å². The molecule has 40 heavy (non-hydrogen) atoms. The number of amides is 1. The number of aromatic nitrogens is 1. The van der Waals surface area contributed by atoms with Crippen LogP contribution >= 0.6 is 0 Å². The third-order valence-corrected chi connectivity index (χ3v) is 7.21. The minimum Gasteiger partial charge on any atom is -0.444 e. The number of benzene rings is 1. The molecule has 3 heterocycles. The fourth-order valence-electron chi connectivity index (χ4n) is 5.09. The third kappa shape index (κ3) is 7.00. The quantitative estimate of drug-likeness (QED) is 0.479. The van der Waals surface area contributed by atoms with Gasteiger partial charge in [-0.3, -0.25) is 4.90 Å². The molecule has 1 aromatic carbocycles. The number of nitriles is 2. The van der Waals surface area contributed by atoms with Gasteiger partial charge in [-0.2, -0.15) is 23.9 Å². The zero-order chi connectivity index (χ0) is 29.1. The lowest BCUT2D eigenvalue weighted by Crippen LogP contribution is -2.56. The van der Waals surface area contributed by atoms with E-state index in [0.717, 1.165) is 17.4 Å². The van der Waals surface area contributed by atoms with Gasteiger partial charge in [-0.05, 0) is 38.3 Å². The van der Waals surface area contributed by atoms with E-state index in [1.54, 1.807) is 25.7 Å². The molecule has 1 unspecified atom stereocenters. The fraction of sp³-hybridized carbons (Fsp3) is 0.500. The Morgan fingerprint density at radius 1 is 1.12 bits per heavy atom. The number of pyridine rings is 1. The predicted molar refractivity (Wildman–Crippen MR) is 148 cm³/mol. The summed E-state index contributed by atoms with van der Waals surface area (Å²) in [6.45, 7) is 8.15. The first kappa shape index (κ1) is 29.1. The Bertz CT molecular complexity index is 1440. The van der Waals surface area contributed by atoms with Gasteiger partial charge < -0.3 is 18.7 Å². The average molecular weight is 567 g/mol. The molecule has 0 saturated carbocycles. The standard InChI is InChI=1S/C28H34N6O5S/c1-28(2,3)38-27(35)34-15-14-33(18-21(34)10-12-29)25-22-11-13-32(17-20-8-6-5-7-9-20)19-24(22)23(16-30)26(31-25)39-40(4,36)37/h5-9,21H,10-11,13-15,17-19H2,1-4H3. The highest BCUT2D eigenvalue weighted by Gasteiger charge is 2.36. The van der Waals surface area contributed by atoms with Crippen LogP contribution in [0, 0.1) is 22.7 Å². The van der Waals surface area contributed by atoms with E-state index in [1.807, 2.05) is 35.2 Å². The Kier molecular flexibility index (Phi) is 8.52. The molecule has 0 bridgehead atoms. The molecule has 1 fully saturated rings. The predicted octanol–water partition coefficient (Wildman–Crippen LogP) is 3.19. The highest BCUT2D eigenvalue weighted by molar-refractivity contribution is 7.86. The van der Waals surface area contributed by atoms with E-state index in [2.05, 4.69) is 22.0 Å². The molecule has 1 aromatic heterocycles. The summed E-state index contributed by atoms with van der Waals surface area (Å²) in [5.74, 6) is 0.255. The molecule has 0 aliphatic carbocycles. The first-order valence-electron chi connectivity index (χ1n) is 13.1. The highest BCUT2D eigenvalue weighted by atomic mass is 32.2. The summed E-state index contributed by atoms with van der Waals surface area (Å²) in [5, 5.41) is 19.6. The van der Waals surface area contributed by atoms with E-state index in [0.29, 0.717) is 57.1 Å². The molecule has 2 aromatic rings. The maximum atomic E-state index is 12.9. The van der Waals surface area contributed by atoms with Crippen molar-refractivity contribution in [3.63, 3.8) is 0 Å². The number of fused-ring (bicyclic) bond motifs is 1. The number of rotatable bonds is 6. The second-order valence-electron chi connectivity index (χ2n) is 11.1. The molecule has 0 radical (unpaired) electrons. The minimum atomic E-state index is -3.96. The van der Waals surface area contributed by atoms with Crippen LogP contribution < -0.4 is 9.08 Å². The third-order valence-electron chi connectivity index (χ3n) is 6.75. The lowest BCUT2D eigenvalue weighted by Gasteiger charge is -2.42. The Hall–Kier alpha value is -3.87. The number of hydrogen-bond acceptors (Lipinski definition) is 10. The molecule has 4 rings (SSSR count). The van der Waals surface area contributed by atoms with Crippen LogP contribution in [-0.2, 0) is 34.4 Å². The minimum absolute atomic E-state index is 0.0890. The summed E-state index contributed by atoms with van der Waals surface area (Å²) in [4.78, 5) is 23.2. The molecule has 212 valence electrons. The van der Waals surface area contributed by atoms with Crippen LogP contribution in [0.2, 0.25) is 0 Å². The van der Waals surface area contributed by atoms with E-state index >= 15 is 0 Å². The zero-order valence-electron chi connectivity index (χ0n) is 23.3. The number of hydrogen-bond donors (Lipinski definition) is 0. The molecule has 1 saturated heterocycles. The molecule has 0 spiro atoms. The lowest BCUT2D eigenvalue weighted by molar-refractivity contribution is 0.0144. The smallest absolute Gasteiger partial charge is 0.410 e. The van der Waals surface area contributed by atoms with E-state index < -0.39 is 27.9 Å². The highest BCUT2D eigenvalue weighted by Crippen LogP contribution is 2.36. The molecule has 1 atom stereocenters. The maximum Gasteiger partial charge on any atom is 0.410 e. The Balaban J connectivity index is 1.70. The fourth-order valence-corrected chi connectivity index (χ4v) is 5.50. The van der Waals surface area contributed by atoms with Gasteiger partial charge in [0.2, 0.25) is 0 Å². The van der Waals surface area contributed by atoms with E-state index in [9.17, 15) is 23.7 Å². The molecule has 0 N–H and O–H groups in total. The van der Waals surface area contributed by atoms with E-state index in [-0.39, 0.29) is 17.9 Å². The van der Waals surface area contributed by atoms with E-state index in [1.165, 1.54) is 0 Å². The Labute approximate surface area is 235 Å². The number of nitrogens with zero attached hydrogens (tertiary/aromatic N) is 6. The second kappa shape index (κ2) is 11.7. The molecular weight excluding hydrogens is 532 g/mol. The molecule has 11 nitrogen and oxygen atoms in total. The largest absolute Gasteiger partial charge is 0.444 e. The van der Waals surface area contributed by atoms with Gasteiger partial charge in [0.15, 0.2) is 0 Å². The summed E-state index contributed by atoms with van der Waals surface area (Å²) in [5.41, 5.74) is 2.08. The lowest BCUT2D eigenvalue weighted by atomic mass is 9.95. The van der Waals surface area contributed by atoms with Crippen LogP contribution in [0.4, 0.5) is 10.6 Å². The van der Waals surface area contributed by atoms with Gasteiger partial charge in [0.05, 0.1) is 24.8 Å². The van der Waals surface area contributed by atoms with Crippen molar-refractivity contribution in [3.8, 4) is 18.0 Å². The molecule has 1 amide bonds. The van der Waals surface area contributed by atoms with Crippen molar-refractivity contribution in [3.05, 3.63) is 52.6 Å². The Morgan fingerprint density at radius 3 is 2.48 bits per heavy atom. The monoisotopic (exact) mass is 566 g/mol. The van der Waals surface area contributed by atoms with Crippen molar-refractivity contribution in [2.24, 2.45) is 0 Å². The van der Waals surface area contributed by atoms with Crippen molar-refractivity contribution >= 4 is 22.0 Å². The molecular formula is C28H34N6O5S. The number of ether oxygens (including phenoxy) is 1. The van der Waals surface area contributed by atoms with Crippen molar-refractivity contribution in [2.75, 3.05) is 37.3 Å². The van der Waals surface area contributed by atoms with Gasteiger partial charge in [-0.1, -0.05) is 30.3 Å². The van der Waals surface area contributed by atoms with Gasteiger partial charge in [0, 0.05) is 44.8 Å². The average Bonchev–Trinajstić information content (AvgIpc) is 2.87. The first-order chi connectivity index (χ1) is 18.9. The summed E-state index contributed by atoms with van der Waals surface area (Å²) < 4.78 is 35.0. The van der Waals surface area contributed by atoms with Crippen molar-refractivity contribution in [1.29, 1.82) is 10.5 Å². The molecule has 2 aliphatic heterocycles. The topological polar surface area (TPSA) is 140 Å². The zero-order valence-corrected chi connectivity index (χ0v) is 24.1. The van der Waals surface area contributed by atoms with Crippen molar-refractivity contribution in [1.82, 2.24) is 14.8 Å². The van der Waals surface area contributed by atoms with Crippen molar-refractivity contribution < 1.29 is 22.1 Å². The van der Waals surface area contributed by atoms with Gasteiger partial charge in [-0.15, -0.1) is 0 Å². The summed E-state index contributed by atoms with van der Waals surface area (Å²) in [7, 11) is -3.96. The number of carbonyl (C=O) groups excluding carboxylic acids is 1. The SMILES string of the molecule is CC(C)(C)OC(=O)N1CCN(c2nc(OS(C)(=O)=O)c(C#N)c3c2CCN(Cc2ccccc2)C3)CC1CC#N. The number of piperazine rings is 1. The second-order valence-corrected chi connectivity index (χ2v) is 12.6. The Morgan fingerprint density at radius 2 is 1.85 bits per heavy atom. The van der Waals surface area contributed by atoms with Crippen LogP contribution in [-0.4, -0.2) is 73.4 Å². The summed E-state index contributed by atoms with van der Waals surface area (Å²) in [6, 6.07) is 13.8. The van der Waals surface area contributed by atoms with Gasteiger partial charge in [0.1, 0.15) is 23.1 Å². The van der Waals surface area contributed by atoms with Crippen LogP contribution in [0.15, 0.2) is 30.3 Å². The van der Waals surface area contributed by atoms with Crippen LogP contribution in [0.1, 0.15) is 49.4 Å². The van der Waals surface area contributed by atoms with Gasteiger partial charge >= 0.3 is 16.2 Å². The first-order valence-corrected chi connectivity index (χ1v) is 14.9.